The lowest BCUT2D eigenvalue weighted by Crippen LogP contribution is -2.35. The minimum atomic E-state index is -4.14. The van der Waals surface area contributed by atoms with Gasteiger partial charge in [0, 0.05) is 30.6 Å². The molecular formula is C28H19ClF2N6O3S. The lowest BCUT2D eigenvalue weighted by atomic mass is 10.0. The molecule has 13 heteroatoms. The summed E-state index contributed by atoms with van der Waals surface area (Å²) in [7, 11) is -2.37. The van der Waals surface area contributed by atoms with E-state index in [-0.39, 0.29) is 28.6 Å². The summed E-state index contributed by atoms with van der Waals surface area (Å²) >= 11 is 6.40. The monoisotopic (exact) mass is 592 g/mol. The van der Waals surface area contributed by atoms with E-state index in [1.165, 1.54) is 30.5 Å². The number of anilines is 1. The highest BCUT2D eigenvalue weighted by atomic mass is 35.5. The molecule has 206 valence electrons. The minimum absolute atomic E-state index is 0.0418. The van der Waals surface area contributed by atoms with Crippen LogP contribution in [0.25, 0.3) is 21.8 Å². The number of rotatable bonds is 4. The number of sulfone groups is 1. The van der Waals surface area contributed by atoms with Gasteiger partial charge in [-0.15, -0.1) is 0 Å². The van der Waals surface area contributed by atoms with E-state index in [0.717, 1.165) is 21.9 Å². The molecule has 4 heterocycles. The molecule has 1 aliphatic heterocycles. The van der Waals surface area contributed by atoms with E-state index in [0.29, 0.717) is 16.5 Å². The van der Waals surface area contributed by atoms with E-state index >= 15 is 0 Å². The largest absolute Gasteiger partial charge is 0.303 e. The van der Waals surface area contributed by atoms with E-state index in [9.17, 15) is 22.0 Å². The van der Waals surface area contributed by atoms with Crippen LogP contribution < -0.4 is 4.90 Å². The van der Waals surface area contributed by atoms with Crippen LogP contribution in [0.3, 0.4) is 0 Å². The third-order valence-corrected chi connectivity index (χ3v) is 9.16. The predicted octanol–water partition coefficient (Wildman–Crippen LogP) is 5.16. The number of carbonyl (C=O) groups is 1. The standard InChI is InChI=1S/C28H19ClF2N6O3S/c1-36-24-19-8-5-16(11-22(19)35-26(29)20(24)14-34-36)15-37(27(38)17-6-7-18(12-32)33-13-17)23-4-2-3-21-25(23)41(39,40)10-9-28(21,30)31/h2-8,11,13-14H,9-10,15H2,1H3. The molecule has 0 aliphatic carbocycles. The zero-order valence-electron chi connectivity index (χ0n) is 21.3. The zero-order valence-corrected chi connectivity index (χ0v) is 22.9. The Morgan fingerprint density at radius 3 is 2.71 bits per heavy atom. The second-order valence-electron chi connectivity index (χ2n) is 9.65. The van der Waals surface area contributed by atoms with Gasteiger partial charge in [-0.2, -0.15) is 10.4 Å². The summed E-state index contributed by atoms with van der Waals surface area (Å²) in [6.45, 7) is -0.185. The first-order valence-electron chi connectivity index (χ1n) is 12.3. The first kappa shape index (κ1) is 26.7. The lowest BCUT2D eigenvalue weighted by Gasteiger charge is -2.31. The van der Waals surface area contributed by atoms with Crippen molar-refractivity contribution in [1.82, 2.24) is 19.7 Å². The van der Waals surface area contributed by atoms with Crippen molar-refractivity contribution in [2.75, 3.05) is 10.7 Å². The van der Waals surface area contributed by atoms with Gasteiger partial charge in [-0.1, -0.05) is 35.9 Å². The number of aryl methyl sites for hydroxylation is 1. The Morgan fingerprint density at radius 2 is 1.98 bits per heavy atom. The summed E-state index contributed by atoms with van der Waals surface area (Å²) in [6.07, 6.45) is 1.95. The number of benzene rings is 2. The normalized spacial score (nSPS) is 15.4. The molecule has 6 rings (SSSR count). The minimum Gasteiger partial charge on any atom is -0.303 e. The summed E-state index contributed by atoms with van der Waals surface area (Å²) < 4.78 is 57.9. The Kier molecular flexibility index (Phi) is 6.24. The van der Waals surface area contributed by atoms with Crippen LogP contribution in [0.5, 0.6) is 0 Å². The van der Waals surface area contributed by atoms with Crippen LogP contribution in [0.15, 0.2) is 65.8 Å². The number of aromatic nitrogens is 4. The molecule has 1 amide bonds. The summed E-state index contributed by atoms with van der Waals surface area (Å²) in [5.74, 6) is -4.84. The summed E-state index contributed by atoms with van der Waals surface area (Å²) in [5, 5.41) is 15.0. The third-order valence-electron chi connectivity index (χ3n) is 7.08. The highest BCUT2D eigenvalue weighted by Crippen LogP contribution is 2.45. The van der Waals surface area contributed by atoms with Gasteiger partial charge in [-0.25, -0.2) is 27.2 Å². The molecule has 5 aromatic rings. The summed E-state index contributed by atoms with van der Waals surface area (Å²) in [4.78, 5) is 22.8. The lowest BCUT2D eigenvalue weighted by molar-refractivity contribution is -0.0126. The number of fused-ring (bicyclic) bond motifs is 4. The quantitative estimate of drug-likeness (QED) is 0.264. The number of hydrogen-bond acceptors (Lipinski definition) is 7. The van der Waals surface area contributed by atoms with Crippen molar-refractivity contribution in [3.8, 4) is 6.07 Å². The Labute approximate surface area is 237 Å². The Balaban J connectivity index is 1.53. The van der Waals surface area contributed by atoms with Crippen LogP contribution in [-0.4, -0.2) is 39.8 Å². The fourth-order valence-corrected chi connectivity index (χ4v) is 7.09. The molecule has 0 bridgehead atoms. The smallest absolute Gasteiger partial charge is 0.275 e. The number of nitrogens with zero attached hydrogens (tertiary/aromatic N) is 6. The van der Waals surface area contributed by atoms with E-state index < -0.39 is 44.3 Å². The van der Waals surface area contributed by atoms with Crippen molar-refractivity contribution in [3.63, 3.8) is 0 Å². The summed E-state index contributed by atoms with van der Waals surface area (Å²) in [5.41, 5.74) is 1.09. The van der Waals surface area contributed by atoms with E-state index in [4.69, 9.17) is 16.9 Å². The maximum Gasteiger partial charge on any atom is 0.275 e. The predicted molar refractivity (Wildman–Crippen MR) is 147 cm³/mol. The van der Waals surface area contributed by atoms with Crippen LogP contribution in [0, 0.1) is 11.3 Å². The van der Waals surface area contributed by atoms with Crippen LogP contribution in [0.1, 0.15) is 33.6 Å². The van der Waals surface area contributed by atoms with E-state index in [1.807, 2.05) is 6.07 Å². The van der Waals surface area contributed by atoms with Crippen molar-refractivity contribution in [2.45, 2.75) is 23.8 Å². The zero-order chi connectivity index (χ0) is 29.1. The summed E-state index contributed by atoms with van der Waals surface area (Å²) in [6, 6.07) is 13.5. The number of amides is 1. The van der Waals surface area contributed by atoms with Gasteiger partial charge in [-0.3, -0.25) is 9.48 Å². The molecule has 41 heavy (non-hydrogen) atoms. The molecule has 0 atom stereocenters. The highest BCUT2D eigenvalue weighted by molar-refractivity contribution is 7.91. The maximum absolute atomic E-state index is 14.9. The molecule has 2 aromatic carbocycles. The molecule has 1 aliphatic rings. The van der Waals surface area contributed by atoms with E-state index in [1.54, 1.807) is 36.1 Å². The molecule has 0 fully saturated rings. The second-order valence-corrected chi connectivity index (χ2v) is 12.1. The van der Waals surface area contributed by atoms with Crippen molar-refractivity contribution < 1.29 is 22.0 Å². The van der Waals surface area contributed by atoms with Gasteiger partial charge >= 0.3 is 0 Å². The molecule has 0 saturated heterocycles. The topological polar surface area (TPSA) is 122 Å². The number of halogens is 3. The van der Waals surface area contributed by atoms with Gasteiger partial charge in [0.05, 0.1) is 51.1 Å². The molecule has 3 aromatic heterocycles. The van der Waals surface area contributed by atoms with Crippen molar-refractivity contribution >= 4 is 54.8 Å². The molecule has 0 N–H and O–H groups in total. The number of nitriles is 1. The van der Waals surface area contributed by atoms with Gasteiger partial charge < -0.3 is 4.90 Å². The molecule has 0 unspecified atom stereocenters. The van der Waals surface area contributed by atoms with Crippen LogP contribution in [0.2, 0.25) is 5.15 Å². The Morgan fingerprint density at radius 1 is 1.17 bits per heavy atom. The van der Waals surface area contributed by atoms with Crippen LogP contribution in [0.4, 0.5) is 14.5 Å². The van der Waals surface area contributed by atoms with Gasteiger partial charge in [0.1, 0.15) is 16.9 Å². The molecule has 0 radical (unpaired) electrons. The fourth-order valence-electron chi connectivity index (χ4n) is 5.09. The Hall–Kier alpha value is -4.47. The van der Waals surface area contributed by atoms with Crippen molar-refractivity contribution in [2.24, 2.45) is 7.05 Å². The first-order valence-corrected chi connectivity index (χ1v) is 14.3. The molecule has 0 saturated carbocycles. The molecular weight excluding hydrogens is 574 g/mol. The number of alkyl halides is 2. The van der Waals surface area contributed by atoms with Gasteiger partial charge in [-0.05, 0) is 29.8 Å². The SMILES string of the molecule is Cn1ncc2c(Cl)nc3cc(CN(C(=O)c4ccc(C#N)nc4)c4cccc5c4S(=O)(=O)CCC5(F)F)ccc3c21. The second kappa shape index (κ2) is 9.57. The highest BCUT2D eigenvalue weighted by Gasteiger charge is 2.45. The average Bonchev–Trinajstić information content (AvgIpc) is 3.36. The fraction of sp³-hybridized carbons (Fsp3) is 0.179. The van der Waals surface area contributed by atoms with Crippen LogP contribution in [-0.2, 0) is 29.4 Å². The maximum atomic E-state index is 14.9. The molecule has 9 nitrogen and oxygen atoms in total. The van der Waals surface area contributed by atoms with E-state index in [2.05, 4.69) is 15.1 Å². The van der Waals surface area contributed by atoms with Gasteiger partial charge in [0.2, 0.25) is 0 Å². The third kappa shape index (κ3) is 4.47. The molecule has 0 spiro atoms. The number of carbonyl (C=O) groups excluding carboxylic acids is 1. The number of pyridine rings is 2. The average molecular weight is 593 g/mol. The number of hydrogen-bond donors (Lipinski definition) is 0. The van der Waals surface area contributed by atoms with Gasteiger partial charge in [0.15, 0.2) is 9.84 Å². The van der Waals surface area contributed by atoms with Crippen molar-refractivity contribution in [3.05, 3.63) is 88.5 Å². The van der Waals surface area contributed by atoms with Crippen LogP contribution >= 0.6 is 11.6 Å². The van der Waals surface area contributed by atoms with Gasteiger partial charge in [0.25, 0.3) is 11.8 Å². The Bertz CT molecular complexity index is 2040. The first-order chi connectivity index (χ1) is 19.5. The van der Waals surface area contributed by atoms with Crippen molar-refractivity contribution in [1.29, 1.82) is 5.26 Å².